The number of halogens is 2. The number of nitrogens with one attached hydrogen (secondary N) is 2. The quantitative estimate of drug-likeness (QED) is 0.0229. The molecule has 2 aromatic carbocycles. The van der Waals surface area contributed by atoms with Crippen LogP contribution in [0.1, 0.15) is 97.5 Å². The number of hydrogen-bond acceptors (Lipinski definition) is 16. The average Bonchev–Trinajstić information content (AvgIpc) is 4.05. The minimum Gasteiger partial charge on any atom is -0.478 e. The summed E-state index contributed by atoms with van der Waals surface area (Å²) in [5.74, 6) is 2.86. The van der Waals surface area contributed by atoms with Gasteiger partial charge in [0.05, 0.1) is 48.2 Å². The van der Waals surface area contributed by atoms with Crippen LogP contribution in [0.15, 0.2) is 97.3 Å². The van der Waals surface area contributed by atoms with Gasteiger partial charge < -0.3 is 38.2 Å². The molecule has 0 spiro atoms. The van der Waals surface area contributed by atoms with E-state index in [0.29, 0.717) is 65.7 Å². The standard InChI is InChI=1S/C60H78Cl2N6O8S2/c1-43-35-45(37-50(60(6,7)8)58(43)76-42-64-26-28-68(55-14-10-12-24-66-55)40-48-18-20-53(62)78-48)15-21-56(69)73-33-31-71-29-30-72-32-34-74-57(70)22-16-46-36-49(59(3,4)5)44(2)51(38-46)75-41-63-25-27-67(54-13-9-11-23-65-54)39-47-17-19-52(61)77-47/h9-14,17-20,23-24,35-38,63-64H,15-16,21-22,25-34,39-42H2,1-8H3. The normalized spacial score (nSPS) is 11.7. The maximum atomic E-state index is 12.8. The number of anilines is 2. The lowest BCUT2D eigenvalue weighted by molar-refractivity contribution is -0.146. The Morgan fingerprint density at radius 1 is 0.590 bits per heavy atom. The van der Waals surface area contributed by atoms with Crippen LogP contribution in [0.25, 0.3) is 0 Å². The number of aryl methyl sites for hydroxylation is 3. The second kappa shape index (κ2) is 31.5. The lowest BCUT2D eigenvalue weighted by atomic mass is 9.82. The van der Waals surface area contributed by atoms with Crippen molar-refractivity contribution in [3.05, 3.63) is 149 Å². The van der Waals surface area contributed by atoms with Crippen molar-refractivity contribution in [1.29, 1.82) is 0 Å². The third kappa shape index (κ3) is 21.1. The molecule has 0 bridgehead atoms. The van der Waals surface area contributed by atoms with Gasteiger partial charge in [-0.05, 0) is 120 Å². The number of ether oxygens (including phenoxy) is 6. The third-order valence-corrected chi connectivity index (χ3v) is 15.1. The van der Waals surface area contributed by atoms with Gasteiger partial charge in [0.1, 0.15) is 49.8 Å². The molecule has 18 heteroatoms. The van der Waals surface area contributed by atoms with E-state index in [-0.39, 0.29) is 62.0 Å². The van der Waals surface area contributed by atoms with E-state index in [2.05, 4.69) is 109 Å². The van der Waals surface area contributed by atoms with Crippen LogP contribution in [0, 0.1) is 13.8 Å². The predicted octanol–water partition coefficient (Wildman–Crippen LogP) is 12.1. The minimum atomic E-state index is -0.297. The Morgan fingerprint density at radius 2 is 1.06 bits per heavy atom. The van der Waals surface area contributed by atoms with Crippen LogP contribution in [0.4, 0.5) is 11.6 Å². The lowest BCUT2D eigenvalue weighted by Gasteiger charge is -2.26. The highest BCUT2D eigenvalue weighted by Crippen LogP contribution is 2.36. The topological polar surface area (TPSA) is 146 Å². The third-order valence-electron chi connectivity index (χ3n) is 12.6. The van der Waals surface area contributed by atoms with Gasteiger partial charge in [-0.3, -0.25) is 20.2 Å². The molecule has 14 nitrogen and oxygen atoms in total. The van der Waals surface area contributed by atoms with E-state index < -0.39 is 0 Å². The molecule has 0 unspecified atom stereocenters. The maximum absolute atomic E-state index is 12.8. The number of aromatic nitrogens is 2. The van der Waals surface area contributed by atoms with Gasteiger partial charge in [-0.15, -0.1) is 22.7 Å². The Morgan fingerprint density at radius 3 is 1.53 bits per heavy atom. The molecule has 78 heavy (non-hydrogen) atoms. The van der Waals surface area contributed by atoms with Crippen molar-refractivity contribution in [3.8, 4) is 11.5 Å². The van der Waals surface area contributed by atoms with Gasteiger partial charge in [0.2, 0.25) is 0 Å². The molecule has 0 fully saturated rings. The Balaban J connectivity index is 0.824. The Labute approximate surface area is 480 Å². The van der Waals surface area contributed by atoms with Crippen LogP contribution < -0.4 is 29.9 Å². The zero-order valence-corrected chi connectivity index (χ0v) is 49.7. The summed E-state index contributed by atoms with van der Waals surface area (Å²) in [4.78, 5) is 41.4. The molecule has 0 aliphatic rings. The SMILES string of the molecule is Cc1cc(CCC(=O)OCCOCCOCCOC(=O)CCc2cc(OCNCCN(Cc3ccc(Cl)s3)c3ccccn3)c(C)c(C(C)(C)C)c2)cc(C(C)(C)C)c1OCNCCN(Cc1ccc(Cl)s1)c1ccccn1. The Bertz CT molecular complexity index is 2770. The maximum Gasteiger partial charge on any atom is 0.306 e. The lowest BCUT2D eigenvalue weighted by Crippen LogP contribution is -2.34. The van der Waals surface area contributed by atoms with Gasteiger partial charge in [0, 0.05) is 66.7 Å². The molecule has 0 saturated heterocycles. The Hall–Kier alpha value is -5.30. The van der Waals surface area contributed by atoms with Gasteiger partial charge in [0.15, 0.2) is 0 Å². The van der Waals surface area contributed by atoms with Gasteiger partial charge in [-0.1, -0.05) is 95.1 Å². The van der Waals surface area contributed by atoms with Crippen molar-refractivity contribution >= 4 is 69.4 Å². The Kier molecular flexibility index (Phi) is 25.0. The first-order chi connectivity index (χ1) is 37.4. The zero-order valence-electron chi connectivity index (χ0n) is 46.6. The number of carbonyl (C=O) groups is 2. The highest BCUT2D eigenvalue weighted by Gasteiger charge is 2.23. The van der Waals surface area contributed by atoms with Crippen LogP contribution in [0.3, 0.4) is 0 Å². The van der Waals surface area contributed by atoms with Crippen LogP contribution in [0.2, 0.25) is 8.67 Å². The predicted molar refractivity (Wildman–Crippen MR) is 316 cm³/mol. The van der Waals surface area contributed by atoms with Crippen LogP contribution in [-0.2, 0) is 65.3 Å². The zero-order chi connectivity index (χ0) is 55.9. The average molecular weight is 1150 g/mol. The first kappa shape index (κ1) is 61.9. The molecular weight excluding hydrogens is 1070 g/mol. The summed E-state index contributed by atoms with van der Waals surface area (Å²) < 4.78 is 36.4. The van der Waals surface area contributed by atoms with Crippen LogP contribution >= 0.6 is 45.9 Å². The fourth-order valence-electron chi connectivity index (χ4n) is 8.65. The molecule has 4 heterocycles. The second-order valence-corrected chi connectivity index (χ2v) is 24.5. The number of rotatable bonds is 33. The van der Waals surface area contributed by atoms with Crippen LogP contribution in [0.5, 0.6) is 11.5 Å². The number of benzene rings is 2. The number of thiophene rings is 2. The van der Waals surface area contributed by atoms with Crippen LogP contribution in [-0.4, -0.2) is 101 Å². The molecule has 0 aliphatic carbocycles. The number of nitrogens with zero attached hydrogens (tertiary/aromatic N) is 4. The molecule has 422 valence electrons. The summed E-state index contributed by atoms with van der Waals surface area (Å²) in [6.45, 7) is 23.5. The second-order valence-electron chi connectivity index (χ2n) is 20.9. The number of carbonyl (C=O) groups excluding carboxylic acids is 2. The minimum absolute atomic E-state index is 0.123. The fourth-order valence-corrected chi connectivity index (χ4v) is 10.9. The van der Waals surface area contributed by atoms with E-state index in [4.69, 9.17) is 51.6 Å². The first-order valence-electron chi connectivity index (χ1n) is 26.6. The van der Waals surface area contributed by atoms with E-state index in [9.17, 15) is 9.59 Å². The molecule has 4 aromatic heterocycles. The number of pyridine rings is 2. The van der Waals surface area contributed by atoms with Gasteiger partial charge >= 0.3 is 11.9 Å². The van der Waals surface area contributed by atoms with Crippen molar-refractivity contribution in [3.63, 3.8) is 0 Å². The number of hydrogen-bond donors (Lipinski definition) is 2. The van der Waals surface area contributed by atoms with Gasteiger partial charge in [-0.25, -0.2) is 9.97 Å². The smallest absolute Gasteiger partial charge is 0.306 e. The van der Waals surface area contributed by atoms with Crippen molar-refractivity contribution in [2.24, 2.45) is 0 Å². The molecule has 6 aromatic rings. The molecule has 0 aliphatic heterocycles. The summed E-state index contributed by atoms with van der Waals surface area (Å²) in [6, 6.07) is 28.2. The summed E-state index contributed by atoms with van der Waals surface area (Å²) in [5.41, 5.74) is 6.08. The molecular formula is C60H78Cl2N6O8S2. The molecule has 6 rings (SSSR count). The molecule has 0 saturated carbocycles. The highest BCUT2D eigenvalue weighted by atomic mass is 35.5. The van der Waals surface area contributed by atoms with Crippen molar-refractivity contribution in [2.75, 3.05) is 89.1 Å². The summed E-state index contributed by atoms with van der Waals surface area (Å²) in [7, 11) is 0. The number of esters is 2. The molecule has 2 N–H and O–H groups in total. The summed E-state index contributed by atoms with van der Waals surface area (Å²) in [6.07, 6.45) is 5.14. The van der Waals surface area contributed by atoms with E-state index in [1.165, 1.54) is 15.3 Å². The summed E-state index contributed by atoms with van der Waals surface area (Å²) >= 11 is 15.6. The monoisotopic (exact) mass is 1140 g/mol. The highest BCUT2D eigenvalue weighted by molar-refractivity contribution is 7.16. The molecule has 0 atom stereocenters. The molecule has 0 amide bonds. The van der Waals surface area contributed by atoms with E-state index in [1.54, 1.807) is 35.1 Å². The van der Waals surface area contributed by atoms with E-state index >= 15 is 0 Å². The van der Waals surface area contributed by atoms with E-state index in [0.717, 1.165) is 72.7 Å². The van der Waals surface area contributed by atoms with Crippen molar-refractivity contribution in [1.82, 2.24) is 20.6 Å². The van der Waals surface area contributed by atoms with Gasteiger partial charge in [-0.2, -0.15) is 0 Å². The summed E-state index contributed by atoms with van der Waals surface area (Å²) in [5, 5.41) is 6.88. The van der Waals surface area contributed by atoms with Crippen molar-refractivity contribution < 1.29 is 38.0 Å². The van der Waals surface area contributed by atoms with Gasteiger partial charge in [0.25, 0.3) is 0 Å². The fraction of sp³-hybridized carbons (Fsp3) is 0.467. The van der Waals surface area contributed by atoms with E-state index in [1.807, 2.05) is 61.5 Å². The van der Waals surface area contributed by atoms with Crippen molar-refractivity contribution in [2.45, 2.75) is 105 Å². The largest absolute Gasteiger partial charge is 0.478 e. The first-order valence-corrected chi connectivity index (χ1v) is 29.0. The molecule has 0 radical (unpaired) electrons.